The Morgan fingerprint density at radius 1 is 1.10 bits per heavy atom. The summed E-state index contributed by atoms with van der Waals surface area (Å²) in [6.07, 6.45) is 2.10. The van der Waals surface area contributed by atoms with Gasteiger partial charge in [0, 0.05) is 36.6 Å². The van der Waals surface area contributed by atoms with Gasteiger partial charge in [0.15, 0.2) is 5.96 Å². The van der Waals surface area contributed by atoms with Crippen LogP contribution in [0.5, 0.6) is 0 Å². The van der Waals surface area contributed by atoms with E-state index < -0.39 is 0 Å². The maximum absolute atomic E-state index is 12.4. The Labute approximate surface area is 190 Å². The van der Waals surface area contributed by atoms with Crippen LogP contribution in [0.1, 0.15) is 34.0 Å². The Balaban J connectivity index is 2.01. The summed E-state index contributed by atoms with van der Waals surface area (Å²) in [6, 6.07) is 14.2. The fraction of sp³-hybridized carbons (Fsp3) is 0.417. The maximum Gasteiger partial charge on any atom is 0.251 e. The number of amides is 1. The Morgan fingerprint density at radius 3 is 2.61 bits per heavy atom. The van der Waals surface area contributed by atoms with Crippen molar-refractivity contribution in [2.75, 3.05) is 40.0 Å². The first-order valence-corrected chi connectivity index (χ1v) is 11.8. The Kier molecular flexibility index (Phi) is 10.4. The number of carbonyl (C=O) groups excluding carboxylic acids is 1. The highest BCUT2D eigenvalue weighted by atomic mass is 32.2. The van der Waals surface area contributed by atoms with Crippen LogP contribution in [0.3, 0.4) is 0 Å². The lowest BCUT2D eigenvalue weighted by Crippen LogP contribution is -2.36. The van der Waals surface area contributed by atoms with E-state index in [9.17, 15) is 4.79 Å². The third-order valence-corrected chi connectivity index (χ3v) is 5.51. The standard InChI is InChI=1S/C24H35N5OS/c1-6-25-24(28-17-21-11-10-18(2)14-22(21)31-5)27-16-19-8-7-9-20(15-19)23(30)26-12-13-29(3)4/h7-11,14-15H,6,12-13,16-17H2,1-5H3,(H,26,30)(H2,25,27,28). The smallest absolute Gasteiger partial charge is 0.251 e. The third-order valence-electron chi connectivity index (χ3n) is 4.69. The van der Waals surface area contributed by atoms with E-state index in [0.717, 1.165) is 24.6 Å². The monoisotopic (exact) mass is 441 g/mol. The summed E-state index contributed by atoms with van der Waals surface area (Å²) in [5, 5.41) is 9.67. The van der Waals surface area contributed by atoms with Gasteiger partial charge in [0.05, 0.1) is 6.54 Å². The summed E-state index contributed by atoms with van der Waals surface area (Å²) in [5.41, 5.74) is 4.17. The zero-order chi connectivity index (χ0) is 22.6. The molecule has 168 valence electrons. The van der Waals surface area contributed by atoms with Crippen LogP contribution in [0.25, 0.3) is 0 Å². The van der Waals surface area contributed by atoms with E-state index in [2.05, 4.69) is 54.3 Å². The van der Waals surface area contributed by atoms with Gasteiger partial charge in [-0.1, -0.05) is 24.3 Å². The van der Waals surface area contributed by atoms with E-state index in [1.807, 2.05) is 43.3 Å². The molecule has 31 heavy (non-hydrogen) atoms. The number of benzene rings is 2. The number of hydrogen-bond donors (Lipinski definition) is 3. The topological polar surface area (TPSA) is 68.8 Å². The average Bonchev–Trinajstić information content (AvgIpc) is 2.76. The molecule has 0 aliphatic heterocycles. The van der Waals surface area contributed by atoms with Gasteiger partial charge in [-0.2, -0.15) is 0 Å². The molecule has 2 aromatic carbocycles. The minimum absolute atomic E-state index is 0.0540. The molecule has 0 saturated heterocycles. The number of rotatable bonds is 10. The minimum atomic E-state index is -0.0540. The maximum atomic E-state index is 12.4. The highest BCUT2D eigenvalue weighted by Crippen LogP contribution is 2.21. The lowest BCUT2D eigenvalue weighted by Gasteiger charge is -2.14. The number of carbonyl (C=O) groups is 1. The lowest BCUT2D eigenvalue weighted by molar-refractivity contribution is 0.0951. The van der Waals surface area contributed by atoms with Crippen LogP contribution in [0.15, 0.2) is 52.4 Å². The van der Waals surface area contributed by atoms with Gasteiger partial charge in [-0.25, -0.2) is 4.99 Å². The number of nitrogens with one attached hydrogen (secondary N) is 3. The summed E-state index contributed by atoms with van der Waals surface area (Å²) in [6.45, 7) is 7.58. The SMILES string of the molecule is CCNC(=NCc1cccc(C(=O)NCCN(C)C)c1)NCc1ccc(C)cc1SC. The molecular weight excluding hydrogens is 406 g/mol. The van der Waals surface area contributed by atoms with Crippen LogP contribution in [0.2, 0.25) is 0 Å². The van der Waals surface area contributed by atoms with Crippen LogP contribution in [-0.2, 0) is 13.1 Å². The molecule has 0 atom stereocenters. The van der Waals surface area contributed by atoms with E-state index in [1.165, 1.54) is 16.0 Å². The summed E-state index contributed by atoms with van der Waals surface area (Å²) in [4.78, 5) is 20.4. The molecule has 0 heterocycles. The molecule has 1 amide bonds. The zero-order valence-electron chi connectivity index (χ0n) is 19.3. The number of guanidine groups is 1. The molecule has 2 rings (SSSR count). The predicted octanol–water partition coefficient (Wildman–Crippen LogP) is 3.26. The molecule has 0 radical (unpaired) electrons. The van der Waals surface area contributed by atoms with Gasteiger partial charge < -0.3 is 20.9 Å². The van der Waals surface area contributed by atoms with Crippen LogP contribution in [0.4, 0.5) is 0 Å². The molecule has 0 saturated carbocycles. The molecule has 7 heteroatoms. The van der Waals surface area contributed by atoms with Crippen molar-refractivity contribution in [1.82, 2.24) is 20.9 Å². The first-order chi connectivity index (χ1) is 14.9. The molecule has 3 N–H and O–H groups in total. The summed E-state index contributed by atoms with van der Waals surface area (Å²) in [7, 11) is 3.98. The molecular formula is C24H35N5OS. The van der Waals surface area contributed by atoms with Crippen molar-refractivity contribution in [3.05, 3.63) is 64.7 Å². The predicted molar refractivity (Wildman–Crippen MR) is 132 cm³/mol. The molecule has 0 aliphatic rings. The van der Waals surface area contributed by atoms with Crippen LogP contribution in [-0.4, -0.2) is 56.8 Å². The molecule has 0 bridgehead atoms. The van der Waals surface area contributed by atoms with Gasteiger partial charge in [0.1, 0.15) is 0 Å². The van der Waals surface area contributed by atoms with Crippen molar-refractivity contribution in [2.24, 2.45) is 4.99 Å². The first-order valence-electron chi connectivity index (χ1n) is 10.6. The second-order valence-corrected chi connectivity index (χ2v) is 8.47. The third kappa shape index (κ3) is 8.63. The Bertz CT molecular complexity index is 882. The number of hydrogen-bond acceptors (Lipinski definition) is 4. The fourth-order valence-electron chi connectivity index (χ4n) is 2.99. The summed E-state index contributed by atoms with van der Waals surface area (Å²) >= 11 is 1.76. The fourth-order valence-corrected chi connectivity index (χ4v) is 3.70. The van der Waals surface area contributed by atoms with Crippen molar-refractivity contribution in [1.29, 1.82) is 0 Å². The first kappa shape index (κ1) is 24.8. The van der Waals surface area contributed by atoms with Crippen molar-refractivity contribution in [3.63, 3.8) is 0 Å². The quantitative estimate of drug-likeness (QED) is 0.300. The van der Waals surface area contributed by atoms with Gasteiger partial charge in [-0.05, 0) is 69.1 Å². The Morgan fingerprint density at radius 2 is 1.90 bits per heavy atom. The molecule has 0 spiro atoms. The highest BCUT2D eigenvalue weighted by molar-refractivity contribution is 7.98. The van der Waals surface area contributed by atoms with E-state index >= 15 is 0 Å². The largest absolute Gasteiger partial charge is 0.357 e. The average molecular weight is 442 g/mol. The number of nitrogens with zero attached hydrogens (tertiary/aromatic N) is 2. The van der Waals surface area contributed by atoms with Crippen LogP contribution < -0.4 is 16.0 Å². The van der Waals surface area contributed by atoms with Gasteiger partial charge in [-0.3, -0.25) is 4.79 Å². The number of thioether (sulfide) groups is 1. The van der Waals surface area contributed by atoms with Gasteiger partial charge in [0.2, 0.25) is 0 Å². The normalized spacial score (nSPS) is 11.5. The van der Waals surface area contributed by atoms with Crippen molar-refractivity contribution < 1.29 is 4.79 Å². The highest BCUT2D eigenvalue weighted by Gasteiger charge is 2.07. The molecule has 0 aromatic heterocycles. The van der Waals surface area contributed by atoms with Crippen molar-refractivity contribution in [3.8, 4) is 0 Å². The minimum Gasteiger partial charge on any atom is -0.357 e. The van der Waals surface area contributed by atoms with E-state index in [1.54, 1.807) is 11.8 Å². The Hall–Kier alpha value is -2.51. The molecule has 0 fully saturated rings. The second-order valence-electron chi connectivity index (χ2n) is 7.62. The second kappa shape index (κ2) is 13.0. The zero-order valence-corrected chi connectivity index (χ0v) is 20.1. The van der Waals surface area contributed by atoms with Gasteiger partial charge >= 0.3 is 0 Å². The molecule has 0 aliphatic carbocycles. The van der Waals surface area contributed by atoms with Gasteiger partial charge in [-0.15, -0.1) is 11.8 Å². The molecule has 2 aromatic rings. The van der Waals surface area contributed by atoms with E-state index in [-0.39, 0.29) is 5.91 Å². The van der Waals surface area contributed by atoms with E-state index in [0.29, 0.717) is 25.2 Å². The van der Waals surface area contributed by atoms with E-state index in [4.69, 9.17) is 4.99 Å². The van der Waals surface area contributed by atoms with Crippen molar-refractivity contribution in [2.45, 2.75) is 31.8 Å². The summed E-state index contributed by atoms with van der Waals surface area (Å²) < 4.78 is 0. The number of aliphatic imine (C=N–C) groups is 1. The summed E-state index contributed by atoms with van der Waals surface area (Å²) in [5.74, 6) is 0.706. The van der Waals surface area contributed by atoms with Crippen LogP contribution in [0, 0.1) is 6.92 Å². The molecule has 6 nitrogen and oxygen atoms in total. The number of likely N-dealkylation sites (N-methyl/N-ethyl adjacent to an activating group) is 1. The molecule has 0 unspecified atom stereocenters. The number of aryl methyl sites for hydroxylation is 1. The van der Waals surface area contributed by atoms with Crippen molar-refractivity contribution >= 4 is 23.6 Å². The lowest BCUT2D eigenvalue weighted by atomic mass is 10.1. The van der Waals surface area contributed by atoms with Gasteiger partial charge in [0.25, 0.3) is 5.91 Å². The van der Waals surface area contributed by atoms with Crippen LogP contribution >= 0.6 is 11.8 Å².